The molecule has 1 unspecified atom stereocenters. The van der Waals surface area contributed by atoms with Gasteiger partial charge in [0.1, 0.15) is 17.3 Å². The highest BCUT2D eigenvalue weighted by molar-refractivity contribution is 6.32. The average molecular weight is 345 g/mol. The number of benzene rings is 2. The fraction of sp³-hybridized carbons (Fsp3) is 0.316. The van der Waals surface area contributed by atoms with E-state index in [0.717, 1.165) is 44.5 Å². The number of aromatic nitrogens is 2. The van der Waals surface area contributed by atoms with Gasteiger partial charge in [0.2, 0.25) is 0 Å². The lowest BCUT2D eigenvalue weighted by Crippen LogP contribution is -2.05. The van der Waals surface area contributed by atoms with Gasteiger partial charge in [0.15, 0.2) is 6.10 Å². The van der Waals surface area contributed by atoms with Crippen LogP contribution in [0.15, 0.2) is 30.3 Å². The van der Waals surface area contributed by atoms with Crippen molar-refractivity contribution >= 4 is 22.6 Å². The van der Waals surface area contributed by atoms with Crippen LogP contribution in [0.2, 0.25) is 5.02 Å². The Kier molecular flexibility index (Phi) is 4.67. The molecule has 24 heavy (non-hydrogen) atoms. The molecule has 0 spiro atoms. The van der Waals surface area contributed by atoms with E-state index in [1.165, 1.54) is 0 Å². The molecule has 0 aliphatic heterocycles. The highest BCUT2D eigenvalue weighted by Gasteiger charge is 2.14. The van der Waals surface area contributed by atoms with E-state index in [2.05, 4.69) is 9.97 Å². The van der Waals surface area contributed by atoms with Crippen LogP contribution in [0, 0.1) is 13.8 Å². The van der Waals surface area contributed by atoms with Crippen LogP contribution in [0.1, 0.15) is 36.9 Å². The fourth-order valence-corrected chi connectivity index (χ4v) is 2.80. The molecular formula is C19H21ClN2O2. The van der Waals surface area contributed by atoms with Crippen molar-refractivity contribution < 1.29 is 9.47 Å². The minimum Gasteiger partial charge on any atom is -0.494 e. The highest BCUT2D eigenvalue weighted by atomic mass is 35.5. The van der Waals surface area contributed by atoms with Gasteiger partial charge in [-0.1, -0.05) is 11.6 Å². The molecule has 1 aromatic heterocycles. The fourth-order valence-electron chi connectivity index (χ4n) is 2.69. The lowest BCUT2D eigenvalue weighted by atomic mass is 10.1. The Bertz CT molecular complexity index is 850. The number of fused-ring (bicyclic) bond motifs is 1. The van der Waals surface area contributed by atoms with Crippen LogP contribution >= 0.6 is 11.6 Å². The second kappa shape index (κ2) is 6.73. The van der Waals surface area contributed by atoms with Crippen molar-refractivity contribution in [1.82, 2.24) is 9.97 Å². The first-order valence-electron chi connectivity index (χ1n) is 8.03. The minimum absolute atomic E-state index is 0.201. The first-order valence-corrected chi connectivity index (χ1v) is 8.41. The Morgan fingerprint density at radius 2 is 1.83 bits per heavy atom. The van der Waals surface area contributed by atoms with E-state index in [4.69, 9.17) is 21.1 Å². The summed E-state index contributed by atoms with van der Waals surface area (Å²) in [6, 6.07) is 9.72. The number of nitrogens with one attached hydrogen (secondary N) is 1. The zero-order valence-electron chi connectivity index (χ0n) is 14.3. The van der Waals surface area contributed by atoms with Crippen LogP contribution in [0.5, 0.6) is 11.5 Å². The van der Waals surface area contributed by atoms with Crippen molar-refractivity contribution in [2.75, 3.05) is 6.61 Å². The van der Waals surface area contributed by atoms with Crippen molar-refractivity contribution in [3.05, 3.63) is 52.3 Å². The summed E-state index contributed by atoms with van der Waals surface area (Å²) in [6.07, 6.45) is -0.201. The molecule has 5 heteroatoms. The number of hydrogen-bond acceptors (Lipinski definition) is 3. The third kappa shape index (κ3) is 3.34. The van der Waals surface area contributed by atoms with E-state index >= 15 is 0 Å². The first-order chi connectivity index (χ1) is 11.5. The van der Waals surface area contributed by atoms with Crippen molar-refractivity contribution in [2.45, 2.75) is 33.8 Å². The van der Waals surface area contributed by atoms with E-state index in [9.17, 15) is 0 Å². The predicted octanol–water partition coefficient (Wildman–Crippen LogP) is 5.37. The number of aromatic amines is 1. The Hall–Kier alpha value is -2.20. The second-order valence-electron chi connectivity index (χ2n) is 5.87. The van der Waals surface area contributed by atoms with Gasteiger partial charge in [-0.25, -0.2) is 4.98 Å². The standard InChI is InChI=1S/C19H21ClN2O2/c1-5-23-14-6-7-16-17(10-14)22-19(21-16)13(4)24-15-8-11(2)18(20)12(3)9-15/h6-10,13H,5H2,1-4H3,(H,21,22). The average Bonchev–Trinajstić information content (AvgIpc) is 2.96. The Morgan fingerprint density at radius 1 is 1.12 bits per heavy atom. The maximum atomic E-state index is 6.21. The SMILES string of the molecule is CCOc1ccc2nc(C(C)Oc3cc(C)c(Cl)c(C)c3)[nH]c2c1. The summed E-state index contributed by atoms with van der Waals surface area (Å²) in [4.78, 5) is 7.92. The molecule has 1 N–H and O–H groups in total. The molecule has 2 aromatic carbocycles. The largest absolute Gasteiger partial charge is 0.494 e. The van der Waals surface area contributed by atoms with Gasteiger partial charge in [0.25, 0.3) is 0 Å². The van der Waals surface area contributed by atoms with Crippen LogP contribution in [-0.4, -0.2) is 16.6 Å². The van der Waals surface area contributed by atoms with Gasteiger partial charge >= 0.3 is 0 Å². The third-order valence-electron chi connectivity index (χ3n) is 3.89. The molecule has 4 nitrogen and oxygen atoms in total. The van der Waals surface area contributed by atoms with Crippen LogP contribution in [0.3, 0.4) is 0 Å². The van der Waals surface area contributed by atoms with E-state index < -0.39 is 0 Å². The smallest absolute Gasteiger partial charge is 0.153 e. The van der Waals surface area contributed by atoms with Gasteiger partial charge in [-0.3, -0.25) is 0 Å². The minimum atomic E-state index is -0.201. The topological polar surface area (TPSA) is 47.1 Å². The Morgan fingerprint density at radius 3 is 2.50 bits per heavy atom. The molecule has 0 aliphatic carbocycles. The molecule has 0 saturated carbocycles. The second-order valence-corrected chi connectivity index (χ2v) is 6.24. The number of H-pyrrole nitrogens is 1. The van der Waals surface area contributed by atoms with Crippen molar-refractivity contribution in [2.24, 2.45) is 0 Å². The number of rotatable bonds is 5. The monoisotopic (exact) mass is 344 g/mol. The molecule has 3 aromatic rings. The molecule has 1 heterocycles. The number of halogens is 1. The van der Waals surface area contributed by atoms with Crippen LogP contribution in [0.25, 0.3) is 11.0 Å². The van der Waals surface area contributed by atoms with Gasteiger partial charge in [-0.05, 0) is 63.1 Å². The van der Waals surface area contributed by atoms with Crippen LogP contribution in [0.4, 0.5) is 0 Å². The molecule has 1 atom stereocenters. The predicted molar refractivity (Wildman–Crippen MR) is 97.2 cm³/mol. The number of aryl methyl sites for hydroxylation is 2. The van der Waals surface area contributed by atoms with Gasteiger partial charge in [-0.15, -0.1) is 0 Å². The lowest BCUT2D eigenvalue weighted by molar-refractivity contribution is 0.218. The molecule has 0 bridgehead atoms. The normalized spacial score (nSPS) is 12.4. The molecule has 0 radical (unpaired) electrons. The highest BCUT2D eigenvalue weighted by Crippen LogP contribution is 2.29. The maximum Gasteiger partial charge on any atom is 0.153 e. The first kappa shape index (κ1) is 16.7. The van der Waals surface area contributed by atoms with Crippen LogP contribution < -0.4 is 9.47 Å². The van der Waals surface area contributed by atoms with E-state index in [1.807, 2.05) is 58.0 Å². The van der Waals surface area contributed by atoms with Gasteiger partial charge in [-0.2, -0.15) is 0 Å². The zero-order chi connectivity index (χ0) is 17.3. The summed E-state index contributed by atoms with van der Waals surface area (Å²) in [6.45, 7) is 8.53. The molecule has 126 valence electrons. The summed E-state index contributed by atoms with van der Waals surface area (Å²) >= 11 is 6.21. The Labute approximate surface area is 146 Å². The summed E-state index contributed by atoms with van der Waals surface area (Å²) in [5, 5.41) is 0.780. The summed E-state index contributed by atoms with van der Waals surface area (Å²) in [7, 11) is 0. The molecule has 0 amide bonds. The van der Waals surface area contributed by atoms with E-state index in [1.54, 1.807) is 0 Å². The van der Waals surface area contributed by atoms with E-state index in [-0.39, 0.29) is 6.10 Å². The number of imidazole rings is 1. The molecular weight excluding hydrogens is 324 g/mol. The van der Waals surface area contributed by atoms with E-state index in [0.29, 0.717) is 6.61 Å². The Balaban J connectivity index is 1.84. The van der Waals surface area contributed by atoms with Crippen molar-refractivity contribution in [3.8, 4) is 11.5 Å². The van der Waals surface area contributed by atoms with Gasteiger partial charge in [0.05, 0.1) is 17.6 Å². The summed E-state index contributed by atoms with van der Waals surface area (Å²) in [5.74, 6) is 2.40. The quantitative estimate of drug-likeness (QED) is 0.676. The third-order valence-corrected chi connectivity index (χ3v) is 4.49. The number of nitrogens with zero attached hydrogens (tertiary/aromatic N) is 1. The number of ether oxygens (including phenoxy) is 2. The molecule has 0 fully saturated rings. The van der Waals surface area contributed by atoms with Crippen LogP contribution in [-0.2, 0) is 0 Å². The maximum absolute atomic E-state index is 6.21. The lowest BCUT2D eigenvalue weighted by Gasteiger charge is -2.14. The van der Waals surface area contributed by atoms with Crippen molar-refractivity contribution in [1.29, 1.82) is 0 Å². The molecule has 3 rings (SSSR count). The molecule has 0 aliphatic rings. The zero-order valence-corrected chi connectivity index (χ0v) is 15.1. The number of hydrogen-bond donors (Lipinski definition) is 1. The van der Waals surface area contributed by atoms with Crippen molar-refractivity contribution in [3.63, 3.8) is 0 Å². The van der Waals surface area contributed by atoms with Gasteiger partial charge < -0.3 is 14.5 Å². The summed E-state index contributed by atoms with van der Waals surface area (Å²) < 4.78 is 11.6. The summed E-state index contributed by atoms with van der Waals surface area (Å²) in [5.41, 5.74) is 3.84. The molecule has 0 saturated heterocycles. The van der Waals surface area contributed by atoms with Gasteiger partial charge in [0, 0.05) is 11.1 Å².